The number of benzene rings is 1. The van der Waals surface area contributed by atoms with E-state index in [1.54, 1.807) is 12.5 Å². The van der Waals surface area contributed by atoms with Crippen molar-refractivity contribution in [3.8, 4) is 0 Å². The summed E-state index contributed by atoms with van der Waals surface area (Å²) >= 11 is 0. The summed E-state index contributed by atoms with van der Waals surface area (Å²) in [6, 6.07) is 7.82. The number of hydrogen-bond acceptors (Lipinski definition) is 3. The molecular formula is C18H23N5O. The number of para-hydroxylation sites is 1. The van der Waals surface area contributed by atoms with Crippen molar-refractivity contribution in [1.29, 1.82) is 0 Å². The van der Waals surface area contributed by atoms with Gasteiger partial charge >= 0.3 is 0 Å². The van der Waals surface area contributed by atoms with Crippen LogP contribution in [0.25, 0.3) is 10.9 Å². The maximum absolute atomic E-state index is 12.6. The molecule has 126 valence electrons. The van der Waals surface area contributed by atoms with Crippen LogP contribution in [0.4, 0.5) is 0 Å². The number of carbonyl (C=O) groups is 1. The van der Waals surface area contributed by atoms with E-state index in [0.717, 1.165) is 16.6 Å². The number of H-pyrrole nitrogens is 1. The Hall–Kier alpha value is -2.63. The molecule has 3 aromatic rings. The molecule has 0 saturated heterocycles. The van der Waals surface area contributed by atoms with Gasteiger partial charge in [-0.3, -0.25) is 9.89 Å². The summed E-state index contributed by atoms with van der Waals surface area (Å²) in [7, 11) is 0. The van der Waals surface area contributed by atoms with Crippen molar-refractivity contribution >= 4 is 16.8 Å². The zero-order valence-corrected chi connectivity index (χ0v) is 14.3. The number of fused-ring (bicyclic) bond motifs is 1. The molecule has 0 aliphatic carbocycles. The van der Waals surface area contributed by atoms with Crippen LogP contribution in [0.5, 0.6) is 0 Å². The fourth-order valence-corrected chi connectivity index (χ4v) is 2.70. The second kappa shape index (κ2) is 6.47. The zero-order valence-electron chi connectivity index (χ0n) is 14.3. The van der Waals surface area contributed by atoms with Crippen molar-refractivity contribution in [3.05, 3.63) is 48.7 Å². The summed E-state index contributed by atoms with van der Waals surface area (Å²) in [4.78, 5) is 16.6. The minimum absolute atomic E-state index is 0.00776. The molecule has 1 atom stereocenters. The second-order valence-corrected chi connectivity index (χ2v) is 7.14. The zero-order chi connectivity index (χ0) is 17.2. The van der Waals surface area contributed by atoms with Crippen LogP contribution in [0.15, 0.2) is 43.0 Å². The van der Waals surface area contributed by atoms with E-state index in [1.165, 1.54) is 0 Å². The maximum atomic E-state index is 12.6. The lowest BCUT2D eigenvalue weighted by Gasteiger charge is -2.31. The lowest BCUT2D eigenvalue weighted by molar-refractivity contribution is -0.122. The van der Waals surface area contributed by atoms with Gasteiger partial charge in [0.15, 0.2) is 0 Å². The molecule has 0 saturated carbocycles. The highest BCUT2D eigenvalue weighted by Crippen LogP contribution is 2.21. The maximum Gasteiger partial charge on any atom is 0.226 e. The molecule has 0 radical (unpaired) electrons. The first-order valence-corrected chi connectivity index (χ1v) is 8.10. The Morgan fingerprint density at radius 3 is 2.83 bits per heavy atom. The summed E-state index contributed by atoms with van der Waals surface area (Å²) in [5.41, 5.74) is 1.67. The van der Waals surface area contributed by atoms with Gasteiger partial charge in [0.25, 0.3) is 0 Å². The number of aromatic nitrogens is 4. The van der Waals surface area contributed by atoms with Gasteiger partial charge in [0.05, 0.1) is 30.0 Å². The van der Waals surface area contributed by atoms with Crippen molar-refractivity contribution in [3.63, 3.8) is 0 Å². The van der Waals surface area contributed by atoms with E-state index in [1.807, 2.05) is 35.0 Å². The summed E-state index contributed by atoms with van der Waals surface area (Å²) < 4.78 is 1.99. The van der Waals surface area contributed by atoms with Gasteiger partial charge in [-0.2, -0.15) is 5.10 Å². The first-order chi connectivity index (χ1) is 11.4. The molecule has 1 unspecified atom stereocenters. The molecule has 24 heavy (non-hydrogen) atoms. The lowest BCUT2D eigenvalue weighted by atomic mass is 9.86. The van der Waals surface area contributed by atoms with Crippen molar-refractivity contribution in [2.75, 3.05) is 0 Å². The highest BCUT2D eigenvalue weighted by atomic mass is 16.1. The fraction of sp³-hybridized carbons (Fsp3) is 0.389. The van der Waals surface area contributed by atoms with Crippen LogP contribution < -0.4 is 5.32 Å². The van der Waals surface area contributed by atoms with Gasteiger partial charge in [0.2, 0.25) is 5.91 Å². The van der Waals surface area contributed by atoms with E-state index in [9.17, 15) is 4.79 Å². The average molecular weight is 325 g/mol. The van der Waals surface area contributed by atoms with E-state index in [2.05, 4.69) is 41.3 Å². The van der Waals surface area contributed by atoms with Gasteiger partial charge in [-0.25, -0.2) is 4.98 Å². The molecule has 0 aliphatic rings. The standard InChI is InChI=1S/C18H23N5O/c1-18(2,3)16(11-23-9-8-19-12-23)20-17(24)10-15-13-6-4-5-7-14(13)21-22-15/h4-9,12,16H,10-11H2,1-3H3,(H,20,24)(H,21,22). The molecule has 6 nitrogen and oxygen atoms in total. The number of imidazole rings is 1. The van der Waals surface area contributed by atoms with Crippen LogP contribution in [-0.2, 0) is 17.8 Å². The SMILES string of the molecule is CC(C)(C)C(Cn1ccnc1)NC(=O)Cc1[nH]nc2ccccc12. The number of hydrogen-bond donors (Lipinski definition) is 2. The largest absolute Gasteiger partial charge is 0.351 e. The van der Waals surface area contributed by atoms with E-state index >= 15 is 0 Å². The van der Waals surface area contributed by atoms with Gasteiger partial charge in [-0.1, -0.05) is 39.0 Å². The molecule has 0 spiro atoms. The Morgan fingerprint density at radius 1 is 1.33 bits per heavy atom. The number of nitrogens with one attached hydrogen (secondary N) is 2. The molecule has 0 fully saturated rings. The highest BCUT2D eigenvalue weighted by molar-refractivity contribution is 5.87. The summed E-state index contributed by atoms with van der Waals surface area (Å²) in [5, 5.41) is 11.4. The van der Waals surface area contributed by atoms with Crippen LogP contribution >= 0.6 is 0 Å². The van der Waals surface area contributed by atoms with E-state index in [4.69, 9.17) is 0 Å². The molecule has 2 aromatic heterocycles. The van der Waals surface area contributed by atoms with Crippen LogP contribution in [-0.4, -0.2) is 31.7 Å². The molecule has 2 N–H and O–H groups in total. The van der Waals surface area contributed by atoms with Crippen LogP contribution in [0.3, 0.4) is 0 Å². The quantitative estimate of drug-likeness (QED) is 0.757. The Balaban J connectivity index is 1.71. The molecule has 0 bridgehead atoms. The molecule has 1 amide bonds. The Morgan fingerprint density at radius 2 is 2.12 bits per heavy atom. The summed E-state index contributed by atoms with van der Waals surface area (Å²) in [6.45, 7) is 7.07. The van der Waals surface area contributed by atoms with Crippen LogP contribution in [0.2, 0.25) is 0 Å². The topological polar surface area (TPSA) is 75.6 Å². The van der Waals surface area contributed by atoms with Crippen molar-refractivity contribution in [1.82, 2.24) is 25.1 Å². The van der Waals surface area contributed by atoms with E-state index in [-0.39, 0.29) is 23.8 Å². The number of aromatic amines is 1. The third-order valence-corrected chi connectivity index (χ3v) is 4.21. The van der Waals surface area contributed by atoms with Crippen molar-refractivity contribution in [2.24, 2.45) is 5.41 Å². The molecular weight excluding hydrogens is 302 g/mol. The van der Waals surface area contributed by atoms with Gasteiger partial charge in [0, 0.05) is 24.3 Å². The van der Waals surface area contributed by atoms with Gasteiger partial charge in [0.1, 0.15) is 0 Å². The van der Waals surface area contributed by atoms with Gasteiger partial charge < -0.3 is 9.88 Å². The molecule has 6 heteroatoms. The number of nitrogens with zero attached hydrogens (tertiary/aromatic N) is 3. The highest BCUT2D eigenvalue weighted by Gasteiger charge is 2.27. The number of carbonyl (C=O) groups excluding carboxylic acids is 1. The lowest BCUT2D eigenvalue weighted by Crippen LogP contribution is -2.46. The molecule has 2 heterocycles. The van der Waals surface area contributed by atoms with Gasteiger partial charge in [-0.05, 0) is 11.5 Å². The Labute approximate surface area is 141 Å². The second-order valence-electron chi connectivity index (χ2n) is 7.14. The Kier molecular flexibility index (Phi) is 4.38. The molecule has 3 rings (SSSR count). The third-order valence-electron chi connectivity index (χ3n) is 4.21. The minimum atomic E-state index is -0.0595. The number of rotatable bonds is 5. The fourth-order valence-electron chi connectivity index (χ4n) is 2.70. The van der Waals surface area contributed by atoms with Gasteiger partial charge in [-0.15, -0.1) is 0 Å². The predicted octanol–water partition coefficient (Wildman–Crippen LogP) is 2.53. The van der Waals surface area contributed by atoms with Crippen molar-refractivity contribution < 1.29 is 4.79 Å². The molecule has 1 aromatic carbocycles. The van der Waals surface area contributed by atoms with Crippen LogP contribution in [0, 0.1) is 5.41 Å². The third kappa shape index (κ3) is 3.64. The Bertz CT molecular complexity index is 813. The monoisotopic (exact) mass is 325 g/mol. The van der Waals surface area contributed by atoms with Crippen LogP contribution in [0.1, 0.15) is 26.5 Å². The first kappa shape index (κ1) is 16.2. The minimum Gasteiger partial charge on any atom is -0.351 e. The molecule has 0 aliphatic heterocycles. The number of amides is 1. The van der Waals surface area contributed by atoms with Crippen molar-refractivity contribution in [2.45, 2.75) is 39.8 Å². The summed E-state index contributed by atoms with van der Waals surface area (Å²) in [5.74, 6) is -0.00977. The predicted molar refractivity (Wildman–Crippen MR) is 93.4 cm³/mol. The smallest absolute Gasteiger partial charge is 0.226 e. The summed E-state index contributed by atoms with van der Waals surface area (Å²) in [6.07, 6.45) is 5.72. The van der Waals surface area contributed by atoms with E-state index in [0.29, 0.717) is 6.54 Å². The first-order valence-electron chi connectivity index (χ1n) is 8.10. The average Bonchev–Trinajstić information content (AvgIpc) is 3.16. The van der Waals surface area contributed by atoms with E-state index < -0.39 is 0 Å². The normalized spacial score (nSPS) is 13.1.